The van der Waals surface area contributed by atoms with Crippen LogP contribution in [0.1, 0.15) is 16.8 Å². The predicted octanol–water partition coefficient (Wildman–Crippen LogP) is 2.83. The minimum atomic E-state index is -0.465. The molecule has 0 spiro atoms. The standard InChI is InChI=1S/C19H21F2N5/c1-13-4-3-9-26-12-16(25-18(13)26)7-8-23-19(22-2)24-11-14-10-15(20)5-6-17(14)21/h3-6,9-10,12H,7-8,11H2,1-2H3,(H2,22,23,24). The molecule has 5 nitrogen and oxygen atoms in total. The highest BCUT2D eigenvalue weighted by molar-refractivity contribution is 5.79. The summed E-state index contributed by atoms with van der Waals surface area (Å²) in [5.74, 6) is -0.392. The van der Waals surface area contributed by atoms with Gasteiger partial charge in [-0.25, -0.2) is 13.8 Å². The second kappa shape index (κ2) is 7.95. The van der Waals surface area contributed by atoms with Crippen LogP contribution in [-0.2, 0) is 13.0 Å². The SMILES string of the molecule is CN=C(NCCc1cn2cccc(C)c2n1)NCc1cc(F)ccc1F. The Bertz CT molecular complexity index is 933. The lowest BCUT2D eigenvalue weighted by Crippen LogP contribution is -2.38. The third kappa shape index (κ3) is 4.17. The van der Waals surface area contributed by atoms with Crippen LogP contribution < -0.4 is 10.6 Å². The van der Waals surface area contributed by atoms with Gasteiger partial charge in [-0.2, -0.15) is 0 Å². The Kier molecular flexibility index (Phi) is 5.46. The minimum absolute atomic E-state index is 0.150. The molecule has 0 saturated heterocycles. The van der Waals surface area contributed by atoms with Gasteiger partial charge in [0.2, 0.25) is 0 Å². The largest absolute Gasteiger partial charge is 0.356 e. The highest BCUT2D eigenvalue weighted by Crippen LogP contribution is 2.10. The van der Waals surface area contributed by atoms with Crippen LogP contribution in [-0.4, -0.2) is 28.9 Å². The topological polar surface area (TPSA) is 53.7 Å². The number of aliphatic imine (C=N–C) groups is 1. The molecule has 0 saturated carbocycles. The minimum Gasteiger partial charge on any atom is -0.356 e. The average Bonchev–Trinajstić information content (AvgIpc) is 3.05. The molecular weight excluding hydrogens is 336 g/mol. The van der Waals surface area contributed by atoms with E-state index in [4.69, 9.17) is 0 Å². The fourth-order valence-corrected chi connectivity index (χ4v) is 2.71. The van der Waals surface area contributed by atoms with E-state index in [0.29, 0.717) is 12.5 Å². The number of hydrogen-bond donors (Lipinski definition) is 2. The highest BCUT2D eigenvalue weighted by Gasteiger charge is 2.06. The summed E-state index contributed by atoms with van der Waals surface area (Å²) in [7, 11) is 1.63. The van der Waals surface area contributed by atoms with Crippen LogP contribution in [0.5, 0.6) is 0 Å². The molecule has 3 rings (SSSR count). The van der Waals surface area contributed by atoms with Crippen molar-refractivity contribution in [3.8, 4) is 0 Å². The first kappa shape index (κ1) is 17.8. The molecule has 0 bridgehead atoms. The van der Waals surface area contributed by atoms with Gasteiger partial charge in [-0.15, -0.1) is 0 Å². The number of aryl methyl sites for hydroxylation is 1. The van der Waals surface area contributed by atoms with E-state index in [1.807, 2.05) is 35.9 Å². The molecule has 26 heavy (non-hydrogen) atoms. The van der Waals surface area contributed by atoms with Crippen molar-refractivity contribution in [3.05, 3.63) is 71.2 Å². The summed E-state index contributed by atoms with van der Waals surface area (Å²) in [6, 6.07) is 7.41. The van der Waals surface area contributed by atoms with Gasteiger partial charge in [-0.1, -0.05) is 6.07 Å². The second-order valence-corrected chi connectivity index (χ2v) is 5.99. The third-order valence-corrected chi connectivity index (χ3v) is 4.08. The highest BCUT2D eigenvalue weighted by atomic mass is 19.1. The molecule has 136 valence electrons. The van der Waals surface area contributed by atoms with E-state index < -0.39 is 11.6 Å². The van der Waals surface area contributed by atoms with Crippen molar-refractivity contribution in [1.29, 1.82) is 0 Å². The molecular formula is C19H21F2N5. The summed E-state index contributed by atoms with van der Waals surface area (Å²) in [6.45, 7) is 2.80. The molecule has 0 aliphatic heterocycles. The average molecular weight is 357 g/mol. The number of halogens is 2. The van der Waals surface area contributed by atoms with Crippen LogP contribution in [0.25, 0.3) is 5.65 Å². The van der Waals surface area contributed by atoms with E-state index in [1.54, 1.807) is 7.05 Å². The third-order valence-electron chi connectivity index (χ3n) is 4.08. The molecule has 0 aliphatic rings. The van der Waals surface area contributed by atoms with Crippen LogP contribution in [0.15, 0.2) is 47.7 Å². The summed E-state index contributed by atoms with van der Waals surface area (Å²) < 4.78 is 28.9. The Hall–Kier alpha value is -2.96. The molecule has 0 unspecified atom stereocenters. The number of fused-ring (bicyclic) bond motifs is 1. The number of nitrogens with zero attached hydrogens (tertiary/aromatic N) is 3. The van der Waals surface area contributed by atoms with Crippen molar-refractivity contribution in [2.24, 2.45) is 4.99 Å². The van der Waals surface area contributed by atoms with Crippen LogP contribution in [0.3, 0.4) is 0 Å². The van der Waals surface area contributed by atoms with Gasteiger partial charge in [-0.05, 0) is 36.8 Å². The molecule has 3 aromatic rings. The Balaban J connectivity index is 1.54. The van der Waals surface area contributed by atoms with Gasteiger partial charge >= 0.3 is 0 Å². The monoisotopic (exact) mass is 357 g/mol. The van der Waals surface area contributed by atoms with Crippen molar-refractivity contribution >= 4 is 11.6 Å². The van der Waals surface area contributed by atoms with Gasteiger partial charge in [0, 0.05) is 44.5 Å². The maximum absolute atomic E-state index is 13.7. The summed E-state index contributed by atoms with van der Waals surface area (Å²) >= 11 is 0. The maximum Gasteiger partial charge on any atom is 0.191 e. The normalized spacial score (nSPS) is 11.8. The smallest absolute Gasteiger partial charge is 0.191 e. The van der Waals surface area contributed by atoms with Crippen molar-refractivity contribution in [2.75, 3.05) is 13.6 Å². The zero-order valence-electron chi connectivity index (χ0n) is 14.8. The van der Waals surface area contributed by atoms with E-state index in [9.17, 15) is 8.78 Å². The summed E-state index contributed by atoms with van der Waals surface area (Å²) in [6.07, 6.45) is 4.69. The summed E-state index contributed by atoms with van der Waals surface area (Å²) in [5.41, 5.74) is 3.30. The van der Waals surface area contributed by atoms with Crippen LogP contribution >= 0.6 is 0 Å². The Morgan fingerprint density at radius 2 is 2.08 bits per heavy atom. The lowest BCUT2D eigenvalue weighted by Gasteiger charge is -2.12. The van der Waals surface area contributed by atoms with Gasteiger partial charge < -0.3 is 15.0 Å². The van der Waals surface area contributed by atoms with Crippen LogP contribution in [0.4, 0.5) is 8.78 Å². The van der Waals surface area contributed by atoms with Crippen molar-refractivity contribution in [2.45, 2.75) is 19.9 Å². The lowest BCUT2D eigenvalue weighted by molar-refractivity contribution is 0.581. The number of rotatable bonds is 5. The van der Waals surface area contributed by atoms with Gasteiger partial charge in [-0.3, -0.25) is 4.99 Å². The molecule has 2 aromatic heterocycles. The Morgan fingerprint density at radius 1 is 1.23 bits per heavy atom. The molecule has 2 heterocycles. The van der Waals surface area contributed by atoms with Gasteiger partial charge in [0.25, 0.3) is 0 Å². The molecule has 1 aromatic carbocycles. The maximum atomic E-state index is 13.7. The molecule has 2 N–H and O–H groups in total. The molecule has 0 radical (unpaired) electrons. The van der Waals surface area contributed by atoms with E-state index >= 15 is 0 Å². The summed E-state index contributed by atoms with van der Waals surface area (Å²) in [4.78, 5) is 8.72. The molecule has 7 heteroatoms. The van der Waals surface area contributed by atoms with E-state index in [2.05, 4.69) is 20.6 Å². The number of imidazole rings is 1. The van der Waals surface area contributed by atoms with E-state index in [-0.39, 0.29) is 12.1 Å². The van der Waals surface area contributed by atoms with Crippen LogP contribution in [0.2, 0.25) is 0 Å². The van der Waals surface area contributed by atoms with Crippen molar-refractivity contribution < 1.29 is 8.78 Å². The quantitative estimate of drug-likeness (QED) is 0.545. The first-order valence-electron chi connectivity index (χ1n) is 8.38. The fourth-order valence-electron chi connectivity index (χ4n) is 2.71. The predicted molar refractivity (Wildman–Crippen MR) is 98.2 cm³/mol. The van der Waals surface area contributed by atoms with E-state index in [0.717, 1.165) is 35.5 Å². The van der Waals surface area contributed by atoms with Crippen LogP contribution in [0, 0.1) is 18.6 Å². The molecule has 0 aliphatic carbocycles. The molecule has 0 fully saturated rings. The molecule has 0 amide bonds. The number of hydrogen-bond acceptors (Lipinski definition) is 2. The molecule has 0 atom stereocenters. The van der Waals surface area contributed by atoms with Gasteiger partial charge in [0.05, 0.1) is 5.69 Å². The van der Waals surface area contributed by atoms with E-state index in [1.165, 1.54) is 6.07 Å². The summed E-state index contributed by atoms with van der Waals surface area (Å²) in [5, 5.41) is 6.14. The Labute approximate surface area is 150 Å². The zero-order chi connectivity index (χ0) is 18.5. The number of guanidine groups is 1. The number of pyridine rings is 1. The van der Waals surface area contributed by atoms with Gasteiger partial charge in [0.15, 0.2) is 5.96 Å². The van der Waals surface area contributed by atoms with Crippen molar-refractivity contribution in [1.82, 2.24) is 20.0 Å². The second-order valence-electron chi connectivity index (χ2n) is 5.99. The van der Waals surface area contributed by atoms with Crippen molar-refractivity contribution in [3.63, 3.8) is 0 Å². The Morgan fingerprint density at radius 3 is 2.85 bits per heavy atom. The number of aromatic nitrogens is 2. The first-order chi connectivity index (χ1) is 12.6. The number of benzene rings is 1. The van der Waals surface area contributed by atoms with Gasteiger partial charge in [0.1, 0.15) is 17.3 Å². The zero-order valence-corrected chi connectivity index (χ0v) is 14.8. The lowest BCUT2D eigenvalue weighted by atomic mass is 10.2. The first-order valence-corrected chi connectivity index (χ1v) is 8.38. The number of nitrogens with one attached hydrogen (secondary N) is 2. The fraction of sp³-hybridized carbons (Fsp3) is 0.263.